The Labute approximate surface area is 300 Å². The van der Waals surface area contributed by atoms with Crippen LogP contribution in [0.15, 0.2) is 176 Å². The lowest BCUT2D eigenvalue weighted by Gasteiger charge is -2.13. The molecule has 0 bridgehead atoms. The third-order valence-electron chi connectivity index (χ3n) is 9.94. The van der Waals surface area contributed by atoms with Gasteiger partial charge in [0.1, 0.15) is 0 Å². The van der Waals surface area contributed by atoms with Gasteiger partial charge in [0, 0.05) is 43.9 Å². The number of hydrogen-bond acceptors (Lipinski definition) is 2. The minimum atomic E-state index is 0.619. The summed E-state index contributed by atoms with van der Waals surface area (Å²) in [4.78, 5) is 14.1. The summed E-state index contributed by atoms with van der Waals surface area (Å²) in [6.07, 6.45) is 0. The first-order valence-corrected chi connectivity index (χ1v) is 17.3. The molecule has 0 saturated heterocycles. The summed E-state index contributed by atoms with van der Waals surface area (Å²) in [7, 11) is 0. The maximum absolute atomic E-state index is 7.97. The van der Waals surface area contributed by atoms with Gasteiger partial charge in [-0.05, 0) is 42.5 Å². The standard InChI is InChI=1S/C47H29N5/c1-48-38-23-10-13-26-43(38)52-42-25-12-9-22-37(42)45-44(52)28-27-36-35-21-8-11-24-41(35)51(46(36)45)34-20-14-19-33(29-34)40-30-39(31-15-4-2-5-16-31)49-47(50-40)32-17-6-3-7-18-32/h2-30H. The van der Waals surface area contributed by atoms with Crippen molar-refractivity contribution in [3.8, 4) is 45.3 Å². The Morgan fingerprint density at radius 1 is 0.442 bits per heavy atom. The van der Waals surface area contributed by atoms with Gasteiger partial charge in [0.25, 0.3) is 0 Å². The fraction of sp³-hybridized carbons (Fsp3) is 0. The topological polar surface area (TPSA) is 40.0 Å². The van der Waals surface area contributed by atoms with Crippen molar-refractivity contribution in [1.29, 1.82) is 0 Å². The lowest BCUT2D eigenvalue weighted by molar-refractivity contribution is 1.17. The van der Waals surface area contributed by atoms with Gasteiger partial charge in [-0.1, -0.05) is 133 Å². The first-order chi connectivity index (χ1) is 25.8. The van der Waals surface area contributed by atoms with Crippen LogP contribution in [0.1, 0.15) is 0 Å². The molecule has 0 spiro atoms. The van der Waals surface area contributed by atoms with E-state index < -0.39 is 0 Å². The fourth-order valence-electron chi connectivity index (χ4n) is 7.66. The second-order valence-corrected chi connectivity index (χ2v) is 12.9. The predicted octanol–water partition coefficient (Wildman–Crippen LogP) is 12.2. The van der Waals surface area contributed by atoms with Gasteiger partial charge in [0.2, 0.25) is 5.69 Å². The van der Waals surface area contributed by atoms with E-state index in [1.54, 1.807) is 0 Å². The highest BCUT2D eigenvalue weighted by atomic mass is 15.0. The molecule has 5 heteroatoms. The van der Waals surface area contributed by atoms with Crippen molar-refractivity contribution < 1.29 is 0 Å². The summed E-state index contributed by atoms with van der Waals surface area (Å²) in [5.41, 5.74) is 11.6. The Morgan fingerprint density at radius 2 is 1.06 bits per heavy atom. The summed E-state index contributed by atoms with van der Waals surface area (Å²) in [6.45, 7) is 7.97. The molecule has 0 atom stereocenters. The molecular formula is C47H29N5. The average molecular weight is 664 g/mol. The maximum atomic E-state index is 7.97. The highest BCUT2D eigenvalue weighted by Crippen LogP contribution is 2.43. The molecule has 52 heavy (non-hydrogen) atoms. The molecule has 10 aromatic rings. The average Bonchev–Trinajstić information content (AvgIpc) is 3.74. The van der Waals surface area contributed by atoms with Crippen molar-refractivity contribution in [2.24, 2.45) is 0 Å². The number of fused-ring (bicyclic) bond motifs is 7. The van der Waals surface area contributed by atoms with Crippen LogP contribution in [0.5, 0.6) is 0 Å². The molecule has 242 valence electrons. The molecule has 0 unspecified atom stereocenters. The maximum Gasteiger partial charge on any atom is 0.210 e. The quantitative estimate of drug-likeness (QED) is 0.172. The molecular weight excluding hydrogens is 635 g/mol. The van der Waals surface area contributed by atoms with Crippen LogP contribution < -0.4 is 0 Å². The van der Waals surface area contributed by atoms with Crippen molar-refractivity contribution in [2.45, 2.75) is 0 Å². The van der Waals surface area contributed by atoms with Crippen LogP contribution in [0.3, 0.4) is 0 Å². The summed E-state index contributed by atoms with van der Waals surface area (Å²) in [6, 6.07) is 60.7. The molecule has 0 fully saturated rings. The van der Waals surface area contributed by atoms with Gasteiger partial charge < -0.3 is 9.13 Å². The minimum absolute atomic E-state index is 0.619. The van der Waals surface area contributed by atoms with E-state index in [0.29, 0.717) is 11.5 Å². The summed E-state index contributed by atoms with van der Waals surface area (Å²) >= 11 is 0. The third-order valence-corrected chi connectivity index (χ3v) is 9.94. The zero-order valence-electron chi connectivity index (χ0n) is 28.0. The highest BCUT2D eigenvalue weighted by Gasteiger charge is 2.22. The normalized spacial score (nSPS) is 11.4. The number of benzene rings is 7. The Hall–Kier alpha value is -7.29. The molecule has 3 aromatic heterocycles. The van der Waals surface area contributed by atoms with Crippen molar-refractivity contribution in [3.63, 3.8) is 0 Å². The fourth-order valence-corrected chi connectivity index (χ4v) is 7.66. The molecule has 0 N–H and O–H groups in total. The Balaban J connectivity index is 1.26. The first kappa shape index (κ1) is 29.6. The monoisotopic (exact) mass is 663 g/mol. The van der Waals surface area contributed by atoms with E-state index in [0.717, 1.165) is 72.3 Å². The second-order valence-electron chi connectivity index (χ2n) is 12.9. The van der Waals surface area contributed by atoms with E-state index >= 15 is 0 Å². The predicted molar refractivity (Wildman–Crippen MR) is 213 cm³/mol. The number of rotatable bonds is 5. The van der Waals surface area contributed by atoms with Crippen molar-refractivity contribution >= 4 is 49.3 Å². The van der Waals surface area contributed by atoms with Gasteiger partial charge >= 0.3 is 0 Å². The van der Waals surface area contributed by atoms with E-state index in [2.05, 4.69) is 129 Å². The Morgan fingerprint density at radius 3 is 1.83 bits per heavy atom. The third kappa shape index (κ3) is 4.63. The van der Waals surface area contributed by atoms with Crippen LogP contribution in [-0.4, -0.2) is 19.1 Å². The van der Waals surface area contributed by atoms with Crippen LogP contribution in [0, 0.1) is 6.57 Å². The Kier molecular flexibility index (Phi) is 6.80. The van der Waals surface area contributed by atoms with Gasteiger partial charge in [0.05, 0.1) is 45.7 Å². The van der Waals surface area contributed by atoms with Crippen LogP contribution >= 0.6 is 0 Å². The van der Waals surface area contributed by atoms with Crippen molar-refractivity contribution in [1.82, 2.24) is 19.1 Å². The number of nitrogens with zero attached hydrogens (tertiary/aromatic N) is 5. The van der Waals surface area contributed by atoms with Gasteiger partial charge in [-0.15, -0.1) is 0 Å². The smallest absolute Gasteiger partial charge is 0.210 e. The van der Waals surface area contributed by atoms with Crippen LogP contribution in [0.25, 0.3) is 93.7 Å². The Bertz CT molecular complexity index is 2960. The largest absolute Gasteiger partial charge is 0.319 e. The van der Waals surface area contributed by atoms with Gasteiger partial charge in [-0.3, -0.25) is 0 Å². The second kappa shape index (κ2) is 11.9. The highest BCUT2D eigenvalue weighted by molar-refractivity contribution is 6.26. The SMILES string of the molecule is [C-]#[N+]c1ccccc1-n1c2ccccc2c2c1ccc1c3ccccc3n(-c3cccc(-c4cc(-c5ccccc5)nc(-c5ccccc5)n4)c3)c12. The lowest BCUT2D eigenvalue weighted by atomic mass is 10.1. The van der Waals surface area contributed by atoms with Crippen LogP contribution in [-0.2, 0) is 0 Å². The van der Waals surface area contributed by atoms with E-state index in [1.165, 1.54) is 10.8 Å². The number of para-hydroxylation sites is 4. The summed E-state index contributed by atoms with van der Waals surface area (Å²) < 4.78 is 4.64. The molecule has 10 rings (SSSR count). The van der Waals surface area contributed by atoms with Gasteiger partial charge in [-0.25, -0.2) is 14.8 Å². The van der Waals surface area contributed by atoms with Crippen molar-refractivity contribution in [2.75, 3.05) is 0 Å². The van der Waals surface area contributed by atoms with Crippen LogP contribution in [0.2, 0.25) is 0 Å². The lowest BCUT2D eigenvalue weighted by Crippen LogP contribution is -1.98. The summed E-state index contributed by atoms with van der Waals surface area (Å²) in [5.74, 6) is 0.688. The molecule has 0 aliphatic heterocycles. The van der Waals surface area contributed by atoms with Crippen LogP contribution in [0.4, 0.5) is 5.69 Å². The molecule has 0 saturated carbocycles. The van der Waals surface area contributed by atoms with E-state index in [4.69, 9.17) is 16.5 Å². The molecule has 0 aliphatic rings. The molecule has 7 aromatic carbocycles. The molecule has 3 heterocycles. The van der Waals surface area contributed by atoms with Gasteiger partial charge in [0.15, 0.2) is 5.82 Å². The number of aromatic nitrogens is 4. The molecule has 5 nitrogen and oxygen atoms in total. The van der Waals surface area contributed by atoms with E-state index in [9.17, 15) is 0 Å². The minimum Gasteiger partial charge on any atom is -0.319 e. The zero-order chi connectivity index (χ0) is 34.6. The van der Waals surface area contributed by atoms with E-state index in [1.807, 2.05) is 60.7 Å². The summed E-state index contributed by atoms with van der Waals surface area (Å²) in [5, 5.41) is 4.64. The molecule has 0 radical (unpaired) electrons. The molecule has 0 amide bonds. The van der Waals surface area contributed by atoms with Crippen molar-refractivity contribution in [3.05, 3.63) is 187 Å². The zero-order valence-corrected chi connectivity index (χ0v) is 28.0. The first-order valence-electron chi connectivity index (χ1n) is 17.3. The van der Waals surface area contributed by atoms with Gasteiger partial charge in [-0.2, -0.15) is 0 Å². The van der Waals surface area contributed by atoms with E-state index in [-0.39, 0.29) is 0 Å². The number of hydrogen-bond donors (Lipinski definition) is 0. The molecule has 0 aliphatic carbocycles.